The predicted octanol–water partition coefficient (Wildman–Crippen LogP) is 4.98. The van der Waals surface area contributed by atoms with Gasteiger partial charge in [-0.15, -0.1) is 11.3 Å². The Labute approximate surface area is 248 Å². The molecule has 1 aromatic carbocycles. The topological polar surface area (TPSA) is 110 Å². The molecule has 10 heteroatoms. The number of aromatic hydroxyl groups is 1. The number of rotatable bonds is 6. The Morgan fingerprint density at radius 1 is 1.10 bits per heavy atom. The zero-order valence-electron chi connectivity index (χ0n) is 22.3. The molecule has 2 amide bonds. The largest absolute Gasteiger partial charge is 0.502 e. The summed E-state index contributed by atoms with van der Waals surface area (Å²) >= 11 is 4.74. The van der Waals surface area contributed by atoms with Crippen molar-refractivity contribution in [2.75, 3.05) is 14.2 Å². The van der Waals surface area contributed by atoms with Gasteiger partial charge >= 0.3 is 0 Å². The monoisotopic (exact) mass is 635 g/mol. The lowest BCUT2D eigenvalue weighted by Crippen LogP contribution is -2.39. The molecule has 2 heterocycles. The molecular formula is C31H26BrNO7S. The van der Waals surface area contributed by atoms with Crippen molar-refractivity contribution >= 4 is 56.7 Å². The molecule has 1 fully saturated rings. The summed E-state index contributed by atoms with van der Waals surface area (Å²) in [5.41, 5.74) is 2.28. The summed E-state index contributed by atoms with van der Waals surface area (Å²) in [4.78, 5) is 56.1. The molecule has 0 radical (unpaired) electrons. The summed E-state index contributed by atoms with van der Waals surface area (Å²) in [7, 11) is 2.87. The Bertz CT molecular complexity index is 1590. The van der Waals surface area contributed by atoms with Gasteiger partial charge < -0.3 is 14.6 Å². The number of Topliss-reactive ketones (excluding diaryl/α,β-unsaturated/α-hetero) is 1. The molecule has 4 aliphatic rings. The summed E-state index contributed by atoms with van der Waals surface area (Å²) in [6.07, 6.45) is 7.50. The van der Waals surface area contributed by atoms with Gasteiger partial charge in [-0.05, 0) is 63.8 Å². The van der Waals surface area contributed by atoms with E-state index in [9.17, 15) is 24.3 Å². The van der Waals surface area contributed by atoms with Gasteiger partial charge in [-0.3, -0.25) is 24.1 Å². The van der Waals surface area contributed by atoms with Crippen LogP contribution in [0.1, 0.15) is 23.3 Å². The first-order chi connectivity index (χ1) is 19.7. The van der Waals surface area contributed by atoms with Gasteiger partial charge in [0.2, 0.25) is 17.6 Å². The number of benzene rings is 1. The van der Waals surface area contributed by atoms with E-state index >= 15 is 0 Å². The van der Waals surface area contributed by atoms with E-state index in [1.807, 2.05) is 29.7 Å². The van der Waals surface area contributed by atoms with Crippen molar-refractivity contribution in [2.24, 2.45) is 23.7 Å². The number of hydrogen-bond donors (Lipinski definition) is 1. The van der Waals surface area contributed by atoms with Gasteiger partial charge in [-0.1, -0.05) is 29.9 Å². The average Bonchev–Trinajstić information content (AvgIpc) is 3.57. The number of carbonyl (C=O) groups is 4. The number of halogens is 1. The van der Waals surface area contributed by atoms with Crippen molar-refractivity contribution in [2.45, 2.75) is 19.4 Å². The highest BCUT2D eigenvalue weighted by Gasteiger charge is 2.55. The molecule has 0 spiro atoms. The van der Waals surface area contributed by atoms with E-state index in [2.05, 4.69) is 15.9 Å². The number of nitrogens with zero attached hydrogens (tertiary/aromatic N) is 1. The molecule has 3 aliphatic carbocycles. The van der Waals surface area contributed by atoms with Crippen LogP contribution in [0.4, 0.5) is 0 Å². The van der Waals surface area contributed by atoms with Crippen molar-refractivity contribution in [3.63, 3.8) is 0 Å². The van der Waals surface area contributed by atoms with Crippen LogP contribution in [0.2, 0.25) is 0 Å². The molecule has 210 valence electrons. The van der Waals surface area contributed by atoms with Crippen LogP contribution in [0, 0.1) is 23.7 Å². The maximum Gasteiger partial charge on any atom is 0.234 e. The molecule has 0 bridgehead atoms. The fourth-order valence-electron chi connectivity index (χ4n) is 6.48. The van der Waals surface area contributed by atoms with Gasteiger partial charge in [-0.25, -0.2) is 0 Å². The highest BCUT2D eigenvalue weighted by atomic mass is 79.9. The first-order valence-corrected chi connectivity index (χ1v) is 14.8. The third kappa shape index (κ3) is 4.49. The number of phenolic OH excluding ortho intramolecular Hbond substituents is 1. The molecule has 1 saturated heterocycles. The lowest BCUT2D eigenvalue weighted by Gasteiger charge is -2.41. The number of amides is 2. The Balaban J connectivity index is 1.41. The van der Waals surface area contributed by atoms with Crippen molar-refractivity contribution in [1.29, 1.82) is 0 Å². The fourth-order valence-corrected chi connectivity index (χ4v) is 7.62. The molecule has 6 rings (SSSR count). The number of phenols is 1. The van der Waals surface area contributed by atoms with E-state index in [1.54, 1.807) is 18.2 Å². The average molecular weight is 637 g/mol. The molecule has 8 nitrogen and oxygen atoms in total. The van der Waals surface area contributed by atoms with Crippen molar-refractivity contribution in [1.82, 2.24) is 4.90 Å². The van der Waals surface area contributed by atoms with Crippen LogP contribution in [0.25, 0.3) is 6.08 Å². The Hall–Kier alpha value is -3.76. The van der Waals surface area contributed by atoms with Crippen LogP contribution in [-0.2, 0) is 25.7 Å². The van der Waals surface area contributed by atoms with E-state index < -0.39 is 23.7 Å². The number of allylic oxidation sites excluding steroid dienone is 7. The summed E-state index contributed by atoms with van der Waals surface area (Å²) in [5.74, 6) is -2.71. The van der Waals surface area contributed by atoms with Crippen LogP contribution in [0.15, 0.2) is 69.1 Å². The number of methoxy groups -OCH3 is 2. The predicted molar refractivity (Wildman–Crippen MR) is 155 cm³/mol. The second-order valence-corrected chi connectivity index (χ2v) is 12.3. The maximum atomic E-state index is 13.8. The van der Waals surface area contributed by atoms with Gasteiger partial charge in [0.25, 0.3) is 0 Å². The fraction of sp³-hybridized carbons (Fsp3) is 0.290. The van der Waals surface area contributed by atoms with Crippen molar-refractivity contribution < 1.29 is 33.8 Å². The molecule has 0 unspecified atom stereocenters. The van der Waals surface area contributed by atoms with E-state index in [0.717, 1.165) is 10.5 Å². The molecule has 1 aliphatic heterocycles. The zero-order valence-corrected chi connectivity index (χ0v) is 24.7. The molecule has 4 atom stereocenters. The standard InChI is InChI=1S/C31H26BrNO7S/c1-39-24-10-15(11-25(40-2)29(24)36)5-6-18-17-7-8-19-27(31(38)33(30(19)37)14-16-4-3-9-41-16)20(17)12-21-26(18)23(34)13-22(32)28(21)35/h3-7,9-11,13,18-20,27,36H,8,12,14H2,1-2H3/t18-,19-,20+,27-/m0/s1. The number of hydrogen-bond acceptors (Lipinski definition) is 8. The third-order valence-corrected chi connectivity index (χ3v) is 9.80. The third-order valence-electron chi connectivity index (χ3n) is 8.35. The first-order valence-electron chi connectivity index (χ1n) is 13.1. The zero-order chi connectivity index (χ0) is 29.0. The SMILES string of the molecule is COc1cc(C=C[C@H]2C3=CC[C@@H]4C(=O)N(Cc5cccs5)C(=O)[C@@H]4[C@@H]3CC3=C2C(=O)C=C(Br)C3=O)cc(OC)c1O. The Morgan fingerprint density at radius 2 is 1.83 bits per heavy atom. The van der Waals surface area contributed by atoms with Crippen LogP contribution in [0.3, 0.4) is 0 Å². The van der Waals surface area contributed by atoms with Crippen LogP contribution in [0.5, 0.6) is 17.2 Å². The molecule has 0 saturated carbocycles. The normalized spacial score (nSPS) is 25.7. The highest BCUT2D eigenvalue weighted by Crippen LogP contribution is 2.53. The van der Waals surface area contributed by atoms with Gasteiger partial charge in [0.1, 0.15) is 0 Å². The summed E-state index contributed by atoms with van der Waals surface area (Å²) in [6.45, 7) is 0.234. The minimum Gasteiger partial charge on any atom is -0.502 e. The van der Waals surface area contributed by atoms with Crippen LogP contribution >= 0.6 is 27.3 Å². The molecule has 41 heavy (non-hydrogen) atoms. The number of imide groups is 1. The first kappa shape index (κ1) is 27.4. The van der Waals surface area contributed by atoms with Gasteiger partial charge in [0, 0.05) is 28.0 Å². The minimum atomic E-state index is -0.603. The highest BCUT2D eigenvalue weighted by molar-refractivity contribution is 9.12. The van der Waals surface area contributed by atoms with E-state index in [1.165, 1.54) is 36.5 Å². The lowest BCUT2D eigenvalue weighted by atomic mass is 9.61. The Kier molecular flexibility index (Phi) is 7.07. The smallest absolute Gasteiger partial charge is 0.234 e. The summed E-state index contributed by atoms with van der Waals surface area (Å²) in [5, 5.41) is 12.2. The van der Waals surface area contributed by atoms with E-state index in [-0.39, 0.29) is 58.1 Å². The molecule has 2 aromatic rings. The Morgan fingerprint density at radius 3 is 2.49 bits per heavy atom. The number of fused-ring (bicyclic) bond motifs is 3. The van der Waals surface area contributed by atoms with Gasteiger partial charge in [-0.2, -0.15) is 0 Å². The van der Waals surface area contributed by atoms with E-state index in [4.69, 9.17) is 9.47 Å². The number of carbonyl (C=O) groups excluding carboxylic acids is 4. The summed E-state index contributed by atoms with van der Waals surface area (Å²) in [6, 6.07) is 7.07. The quantitative estimate of drug-likeness (QED) is 0.271. The molecule has 1 N–H and O–H groups in total. The minimum absolute atomic E-state index is 0.129. The number of likely N-dealkylation sites (tertiary alicyclic amines) is 1. The van der Waals surface area contributed by atoms with Gasteiger partial charge in [0.05, 0.1) is 37.1 Å². The second-order valence-electron chi connectivity index (χ2n) is 10.4. The van der Waals surface area contributed by atoms with Crippen LogP contribution in [-0.4, -0.2) is 47.6 Å². The van der Waals surface area contributed by atoms with Gasteiger partial charge in [0.15, 0.2) is 23.1 Å². The molecule has 1 aromatic heterocycles. The van der Waals surface area contributed by atoms with E-state index in [0.29, 0.717) is 23.1 Å². The lowest BCUT2D eigenvalue weighted by molar-refractivity contribution is -0.140. The number of ether oxygens (including phenoxy) is 2. The molecular weight excluding hydrogens is 610 g/mol. The summed E-state index contributed by atoms with van der Waals surface area (Å²) < 4.78 is 10.7. The van der Waals surface area contributed by atoms with Crippen molar-refractivity contribution in [3.05, 3.63) is 79.5 Å². The number of ketones is 2. The van der Waals surface area contributed by atoms with Crippen molar-refractivity contribution in [3.8, 4) is 17.2 Å². The van der Waals surface area contributed by atoms with Crippen LogP contribution < -0.4 is 9.47 Å². The second kappa shape index (κ2) is 10.6. The number of thiophene rings is 1. The maximum absolute atomic E-state index is 13.8.